The molecule has 2 unspecified atom stereocenters. The van der Waals surface area contributed by atoms with E-state index in [1.165, 1.54) is 14.2 Å². The predicted molar refractivity (Wildman–Crippen MR) is 91.3 cm³/mol. The van der Waals surface area contributed by atoms with Gasteiger partial charge in [0, 0.05) is 0 Å². The molecule has 2 atom stereocenters. The first kappa shape index (κ1) is 22.9. The Morgan fingerprint density at radius 1 is 0.750 bits per heavy atom. The molecule has 0 aliphatic heterocycles. The summed E-state index contributed by atoms with van der Waals surface area (Å²) < 4.78 is 9.48. The normalized spacial score (nSPS) is 14.8. The van der Waals surface area contributed by atoms with Crippen LogP contribution in [0.2, 0.25) is 0 Å². The molecular weight excluding hydrogens is 312 g/mol. The molecule has 0 aromatic rings. The Bertz CT molecular complexity index is 364. The highest BCUT2D eigenvalue weighted by molar-refractivity contribution is 5.76. The van der Waals surface area contributed by atoms with Gasteiger partial charge in [-0.15, -0.1) is 0 Å². The number of aliphatic hydroxyl groups is 2. The number of hydrogen-bond donors (Lipinski definition) is 2. The first-order valence-corrected chi connectivity index (χ1v) is 8.49. The molecule has 0 bridgehead atoms. The number of ether oxygens (including phenoxy) is 2. The van der Waals surface area contributed by atoms with Crippen molar-refractivity contribution in [2.24, 2.45) is 10.8 Å². The highest BCUT2D eigenvalue weighted by Gasteiger charge is 2.30. The zero-order chi connectivity index (χ0) is 19.0. The Balaban J connectivity index is 4.12. The third kappa shape index (κ3) is 8.11. The van der Waals surface area contributed by atoms with E-state index in [1.807, 2.05) is 0 Å². The maximum absolute atomic E-state index is 11.6. The van der Waals surface area contributed by atoms with Crippen molar-refractivity contribution in [3.63, 3.8) is 0 Å². The monoisotopic (exact) mass is 346 g/mol. The molecular formula is C18H34O6. The first-order chi connectivity index (χ1) is 11.0. The van der Waals surface area contributed by atoms with Crippen molar-refractivity contribution < 1.29 is 29.3 Å². The molecule has 0 saturated carbocycles. The van der Waals surface area contributed by atoms with Crippen LogP contribution in [-0.2, 0) is 19.1 Å². The van der Waals surface area contributed by atoms with E-state index >= 15 is 0 Å². The Labute approximate surface area is 145 Å². The SMILES string of the molecule is COC(=O)C(C)(C)CCC(O)CCC(O)CCC(C)(C)C(=O)OC. The molecule has 0 aliphatic rings. The minimum Gasteiger partial charge on any atom is -0.469 e. The van der Waals surface area contributed by atoms with Crippen molar-refractivity contribution in [3.05, 3.63) is 0 Å². The van der Waals surface area contributed by atoms with E-state index in [1.54, 1.807) is 27.7 Å². The van der Waals surface area contributed by atoms with Gasteiger partial charge in [-0.25, -0.2) is 0 Å². The van der Waals surface area contributed by atoms with Crippen molar-refractivity contribution >= 4 is 11.9 Å². The number of hydrogen-bond acceptors (Lipinski definition) is 6. The number of methoxy groups -OCH3 is 2. The molecule has 0 aliphatic carbocycles. The topological polar surface area (TPSA) is 93.1 Å². The van der Waals surface area contributed by atoms with Crippen molar-refractivity contribution in [1.82, 2.24) is 0 Å². The van der Waals surface area contributed by atoms with Crippen molar-refractivity contribution in [2.75, 3.05) is 14.2 Å². The van der Waals surface area contributed by atoms with Gasteiger partial charge in [0.25, 0.3) is 0 Å². The molecule has 6 heteroatoms. The van der Waals surface area contributed by atoms with Gasteiger partial charge in [-0.1, -0.05) is 0 Å². The van der Waals surface area contributed by atoms with E-state index < -0.39 is 23.0 Å². The fourth-order valence-corrected chi connectivity index (χ4v) is 2.49. The second kappa shape index (κ2) is 9.99. The molecule has 0 saturated heterocycles. The second-order valence-corrected chi connectivity index (χ2v) is 7.71. The zero-order valence-corrected chi connectivity index (χ0v) is 15.9. The number of rotatable bonds is 11. The second-order valence-electron chi connectivity index (χ2n) is 7.71. The number of aliphatic hydroxyl groups excluding tert-OH is 2. The fraction of sp³-hybridized carbons (Fsp3) is 0.889. The van der Waals surface area contributed by atoms with Crippen LogP contribution in [0, 0.1) is 10.8 Å². The van der Waals surface area contributed by atoms with E-state index in [2.05, 4.69) is 0 Å². The molecule has 2 N–H and O–H groups in total. The third-order valence-corrected chi connectivity index (χ3v) is 4.51. The van der Waals surface area contributed by atoms with Crippen LogP contribution in [0.3, 0.4) is 0 Å². The van der Waals surface area contributed by atoms with E-state index in [-0.39, 0.29) is 11.9 Å². The van der Waals surface area contributed by atoms with Crippen LogP contribution < -0.4 is 0 Å². The van der Waals surface area contributed by atoms with E-state index in [0.29, 0.717) is 38.5 Å². The largest absolute Gasteiger partial charge is 0.469 e. The average molecular weight is 346 g/mol. The lowest BCUT2D eigenvalue weighted by molar-refractivity contribution is -0.152. The summed E-state index contributed by atoms with van der Waals surface area (Å²) in [6.45, 7) is 7.15. The van der Waals surface area contributed by atoms with Crippen molar-refractivity contribution in [2.45, 2.75) is 78.4 Å². The van der Waals surface area contributed by atoms with E-state index in [0.717, 1.165) is 0 Å². The first-order valence-electron chi connectivity index (χ1n) is 8.49. The van der Waals surface area contributed by atoms with Gasteiger partial charge in [0.1, 0.15) is 0 Å². The molecule has 142 valence electrons. The summed E-state index contributed by atoms with van der Waals surface area (Å²) in [5.74, 6) is -0.584. The lowest BCUT2D eigenvalue weighted by Gasteiger charge is -2.24. The summed E-state index contributed by atoms with van der Waals surface area (Å²) in [4.78, 5) is 23.2. The Morgan fingerprint density at radius 2 is 1.04 bits per heavy atom. The summed E-state index contributed by atoms with van der Waals surface area (Å²) in [6, 6.07) is 0. The lowest BCUT2D eigenvalue weighted by atomic mass is 9.85. The lowest BCUT2D eigenvalue weighted by Crippen LogP contribution is -2.28. The third-order valence-electron chi connectivity index (χ3n) is 4.51. The molecule has 6 nitrogen and oxygen atoms in total. The molecule has 0 aromatic carbocycles. The Morgan fingerprint density at radius 3 is 1.29 bits per heavy atom. The van der Waals surface area contributed by atoms with Gasteiger partial charge in [-0.05, 0) is 66.2 Å². The molecule has 0 radical (unpaired) electrons. The Kier molecular flexibility index (Phi) is 9.51. The molecule has 0 rings (SSSR count). The van der Waals surface area contributed by atoms with Crippen LogP contribution in [0.4, 0.5) is 0 Å². The molecule has 24 heavy (non-hydrogen) atoms. The highest BCUT2D eigenvalue weighted by atomic mass is 16.5. The quantitative estimate of drug-likeness (QED) is 0.558. The Hall–Kier alpha value is -1.14. The summed E-state index contributed by atoms with van der Waals surface area (Å²) >= 11 is 0. The molecule has 0 amide bonds. The number of esters is 2. The standard InChI is InChI=1S/C18H34O6/c1-17(2,15(21)23-5)11-9-13(19)7-8-14(20)10-12-18(3,4)16(22)24-6/h13-14,19-20H,7-12H2,1-6H3. The van der Waals surface area contributed by atoms with Crippen LogP contribution in [0.15, 0.2) is 0 Å². The summed E-state index contributed by atoms with van der Waals surface area (Å²) in [5, 5.41) is 20.1. The predicted octanol–water partition coefficient (Wildman–Crippen LogP) is 2.45. The van der Waals surface area contributed by atoms with Crippen LogP contribution in [0.5, 0.6) is 0 Å². The van der Waals surface area contributed by atoms with Gasteiger partial charge in [0.2, 0.25) is 0 Å². The van der Waals surface area contributed by atoms with E-state index in [9.17, 15) is 19.8 Å². The molecule has 0 spiro atoms. The number of carbonyl (C=O) groups is 2. The minimum absolute atomic E-state index is 0.292. The maximum Gasteiger partial charge on any atom is 0.311 e. The van der Waals surface area contributed by atoms with Crippen LogP contribution in [0.1, 0.15) is 66.2 Å². The molecule has 0 aromatic heterocycles. The zero-order valence-electron chi connectivity index (χ0n) is 15.9. The average Bonchev–Trinajstić information content (AvgIpc) is 2.54. The van der Waals surface area contributed by atoms with Crippen molar-refractivity contribution in [3.8, 4) is 0 Å². The summed E-state index contributed by atoms with van der Waals surface area (Å²) in [6.07, 6.45) is 1.76. The van der Waals surface area contributed by atoms with Crippen LogP contribution >= 0.6 is 0 Å². The maximum atomic E-state index is 11.6. The van der Waals surface area contributed by atoms with Gasteiger partial charge in [-0.3, -0.25) is 9.59 Å². The highest BCUT2D eigenvalue weighted by Crippen LogP contribution is 2.27. The smallest absolute Gasteiger partial charge is 0.311 e. The molecule has 0 heterocycles. The van der Waals surface area contributed by atoms with Gasteiger partial charge >= 0.3 is 11.9 Å². The summed E-state index contributed by atoms with van der Waals surface area (Å²) in [5.41, 5.74) is -1.25. The van der Waals surface area contributed by atoms with Gasteiger partial charge in [-0.2, -0.15) is 0 Å². The van der Waals surface area contributed by atoms with Crippen LogP contribution in [-0.4, -0.2) is 48.6 Å². The fourth-order valence-electron chi connectivity index (χ4n) is 2.49. The molecule has 0 fully saturated rings. The van der Waals surface area contributed by atoms with Crippen LogP contribution in [0.25, 0.3) is 0 Å². The number of carbonyl (C=O) groups excluding carboxylic acids is 2. The minimum atomic E-state index is -0.626. The summed E-state index contributed by atoms with van der Waals surface area (Å²) in [7, 11) is 2.71. The van der Waals surface area contributed by atoms with Gasteiger partial charge in [0.05, 0.1) is 37.3 Å². The van der Waals surface area contributed by atoms with Crippen molar-refractivity contribution in [1.29, 1.82) is 0 Å². The van der Waals surface area contributed by atoms with Gasteiger partial charge < -0.3 is 19.7 Å². The van der Waals surface area contributed by atoms with E-state index in [4.69, 9.17) is 9.47 Å². The van der Waals surface area contributed by atoms with Gasteiger partial charge in [0.15, 0.2) is 0 Å².